The molecule has 4 bridgehead atoms. The third-order valence-corrected chi connectivity index (χ3v) is 5.38. The van der Waals surface area contributed by atoms with Gasteiger partial charge in [-0.3, -0.25) is 4.79 Å². The number of hydrogen-bond acceptors (Lipinski definition) is 4. The molecule has 0 aromatic rings. The molecule has 0 aromatic carbocycles. The molecule has 4 aliphatic rings. The highest BCUT2D eigenvalue weighted by molar-refractivity contribution is 6.26. The van der Waals surface area contributed by atoms with Crippen LogP contribution in [-0.2, 0) is 19.1 Å². The molecule has 0 saturated heterocycles. The summed E-state index contributed by atoms with van der Waals surface area (Å²) in [7, 11) is 0. The maximum atomic E-state index is 11.6. The zero-order chi connectivity index (χ0) is 14.2. The second kappa shape index (κ2) is 5.55. The summed E-state index contributed by atoms with van der Waals surface area (Å²) in [4.78, 5) is 22.5. The van der Waals surface area contributed by atoms with Crippen LogP contribution in [0.15, 0.2) is 0 Å². The Morgan fingerprint density at radius 3 is 2.00 bits per heavy atom. The van der Waals surface area contributed by atoms with E-state index in [1.165, 1.54) is 38.5 Å². The molecule has 0 amide bonds. The number of ether oxygens (including phenoxy) is 2. The van der Waals surface area contributed by atoms with E-state index in [4.69, 9.17) is 16.3 Å². The Morgan fingerprint density at radius 2 is 1.50 bits per heavy atom. The van der Waals surface area contributed by atoms with Crippen LogP contribution in [0.5, 0.6) is 0 Å². The Morgan fingerprint density at radius 1 is 0.950 bits per heavy atom. The maximum absolute atomic E-state index is 11.6. The number of rotatable bonds is 5. The van der Waals surface area contributed by atoms with Crippen molar-refractivity contribution in [2.75, 3.05) is 19.1 Å². The van der Waals surface area contributed by atoms with Gasteiger partial charge in [0, 0.05) is 5.41 Å². The van der Waals surface area contributed by atoms with Gasteiger partial charge in [0.25, 0.3) is 0 Å². The lowest BCUT2D eigenvalue weighted by atomic mass is 9.50. The summed E-state index contributed by atoms with van der Waals surface area (Å²) in [6, 6.07) is 0. The number of halogens is 1. The van der Waals surface area contributed by atoms with Crippen molar-refractivity contribution in [1.82, 2.24) is 0 Å². The second-order valence-electron chi connectivity index (χ2n) is 6.87. The van der Waals surface area contributed by atoms with Gasteiger partial charge < -0.3 is 9.47 Å². The fraction of sp³-hybridized carbons (Fsp3) is 0.867. The minimum Gasteiger partial charge on any atom is -0.463 e. The Bertz CT molecular complexity index is 371. The van der Waals surface area contributed by atoms with Gasteiger partial charge in [-0.1, -0.05) is 0 Å². The second-order valence-corrected chi connectivity index (χ2v) is 7.14. The molecule has 0 N–H and O–H groups in total. The van der Waals surface area contributed by atoms with Crippen LogP contribution in [0.2, 0.25) is 0 Å². The molecule has 4 rings (SSSR count). The molecule has 0 heterocycles. The number of hydrogen-bond donors (Lipinski definition) is 0. The fourth-order valence-corrected chi connectivity index (χ4v) is 5.00. The molecule has 0 atom stereocenters. The monoisotopic (exact) mass is 300 g/mol. The first-order valence-electron chi connectivity index (χ1n) is 7.46. The molecule has 0 spiro atoms. The molecule has 4 fully saturated rings. The molecule has 0 unspecified atom stereocenters. The van der Waals surface area contributed by atoms with E-state index in [2.05, 4.69) is 4.74 Å². The first kappa shape index (κ1) is 14.2. The van der Waals surface area contributed by atoms with Crippen molar-refractivity contribution in [1.29, 1.82) is 0 Å². The van der Waals surface area contributed by atoms with Gasteiger partial charge in [0.15, 0.2) is 6.61 Å². The zero-order valence-corrected chi connectivity index (χ0v) is 12.4. The van der Waals surface area contributed by atoms with Crippen molar-refractivity contribution in [3.05, 3.63) is 0 Å². The maximum Gasteiger partial charge on any atom is 0.344 e. The summed E-state index contributed by atoms with van der Waals surface area (Å²) in [5, 5.41) is 0. The third kappa shape index (κ3) is 2.95. The highest BCUT2D eigenvalue weighted by Gasteiger charge is 2.51. The summed E-state index contributed by atoms with van der Waals surface area (Å²) < 4.78 is 10.0. The number of carbonyl (C=O) groups is 2. The van der Waals surface area contributed by atoms with Crippen LogP contribution in [0.1, 0.15) is 38.5 Å². The van der Waals surface area contributed by atoms with E-state index in [1.807, 2.05) is 0 Å². The van der Waals surface area contributed by atoms with Gasteiger partial charge in [-0.25, -0.2) is 4.79 Å². The molecule has 20 heavy (non-hydrogen) atoms. The lowest BCUT2D eigenvalue weighted by molar-refractivity contribution is -0.165. The average Bonchev–Trinajstić information content (AvgIpc) is 2.41. The topological polar surface area (TPSA) is 52.6 Å². The largest absolute Gasteiger partial charge is 0.463 e. The molecular weight excluding hydrogens is 280 g/mol. The molecule has 5 heteroatoms. The summed E-state index contributed by atoms with van der Waals surface area (Å²) in [5.74, 6) is 1.25. The predicted octanol–water partition coefficient (Wildman–Crippen LogP) is 2.53. The summed E-state index contributed by atoms with van der Waals surface area (Å²) in [6.45, 7) is 0.172. The van der Waals surface area contributed by atoms with Crippen LogP contribution >= 0.6 is 11.6 Å². The van der Waals surface area contributed by atoms with Gasteiger partial charge in [-0.15, -0.1) is 11.6 Å². The van der Waals surface area contributed by atoms with Crippen molar-refractivity contribution in [2.45, 2.75) is 38.5 Å². The van der Waals surface area contributed by atoms with Gasteiger partial charge in [-0.2, -0.15) is 0 Å². The molecule has 0 aliphatic heterocycles. The van der Waals surface area contributed by atoms with Crippen LogP contribution in [0, 0.1) is 23.2 Å². The van der Waals surface area contributed by atoms with Crippen molar-refractivity contribution >= 4 is 23.5 Å². The molecule has 4 saturated carbocycles. The summed E-state index contributed by atoms with van der Waals surface area (Å²) >= 11 is 5.30. The Hall–Kier alpha value is -0.770. The Kier molecular flexibility index (Phi) is 3.93. The molecule has 0 radical (unpaired) electrons. The lowest BCUT2D eigenvalue weighted by Crippen LogP contribution is -2.48. The van der Waals surface area contributed by atoms with E-state index in [0.29, 0.717) is 6.61 Å². The van der Waals surface area contributed by atoms with E-state index in [9.17, 15) is 9.59 Å². The van der Waals surface area contributed by atoms with Crippen LogP contribution in [0.3, 0.4) is 0 Å². The highest BCUT2D eigenvalue weighted by atomic mass is 35.5. The quantitative estimate of drug-likeness (QED) is 0.578. The van der Waals surface area contributed by atoms with Crippen LogP contribution in [0.25, 0.3) is 0 Å². The van der Waals surface area contributed by atoms with Crippen LogP contribution < -0.4 is 0 Å². The lowest BCUT2D eigenvalue weighted by Gasteiger charge is -2.56. The fourth-order valence-electron chi connectivity index (χ4n) is 4.92. The standard InChI is InChI=1S/C15H21ClO4/c16-7-13(17)19-8-14(18)20-9-15-4-10-1-11(5-15)3-12(2-10)6-15/h10-12H,1-9H2. The Balaban J connectivity index is 1.48. The van der Waals surface area contributed by atoms with Gasteiger partial charge in [0.05, 0.1) is 6.61 Å². The van der Waals surface area contributed by atoms with Crippen LogP contribution in [-0.4, -0.2) is 31.0 Å². The highest BCUT2D eigenvalue weighted by Crippen LogP contribution is 2.60. The predicted molar refractivity (Wildman–Crippen MR) is 73.2 cm³/mol. The minimum absolute atomic E-state index is 0.209. The van der Waals surface area contributed by atoms with Gasteiger partial charge in [0.1, 0.15) is 5.88 Å². The first-order chi connectivity index (χ1) is 9.58. The van der Waals surface area contributed by atoms with Crippen molar-refractivity contribution in [2.24, 2.45) is 23.2 Å². The number of alkyl halides is 1. The SMILES string of the molecule is O=C(CCl)OCC(=O)OCC12CC3CC(CC(C3)C1)C2. The minimum atomic E-state index is -0.585. The van der Waals surface area contributed by atoms with E-state index in [1.54, 1.807) is 0 Å². The molecule has 4 aliphatic carbocycles. The van der Waals surface area contributed by atoms with Crippen molar-refractivity contribution < 1.29 is 19.1 Å². The van der Waals surface area contributed by atoms with Crippen molar-refractivity contribution in [3.63, 3.8) is 0 Å². The molecule has 112 valence electrons. The number of esters is 2. The Labute approximate surface area is 124 Å². The van der Waals surface area contributed by atoms with Crippen molar-refractivity contribution in [3.8, 4) is 0 Å². The van der Waals surface area contributed by atoms with E-state index < -0.39 is 11.9 Å². The summed E-state index contributed by atoms with van der Waals surface area (Å²) in [5.41, 5.74) is 0.209. The molecule has 4 nitrogen and oxygen atoms in total. The molecule has 0 aromatic heterocycles. The van der Waals surface area contributed by atoms with E-state index >= 15 is 0 Å². The van der Waals surface area contributed by atoms with Gasteiger partial charge in [0.2, 0.25) is 0 Å². The normalized spacial score (nSPS) is 37.8. The number of carbonyl (C=O) groups excluding carboxylic acids is 2. The van der Waals surface area contributed by atoms with E-state index in [0.717, 1.165) is 17.8 Å². The van der Waals surface area contributed by atoms with E-state index in [-0.39, 0.29) is 17.9 Å². The summed E-state index contributed by atoms with van der Waals surface area (Å²) in [6.07, 6.45) is 7.73. The van der Waals surface area contributed by atoms with Gasteiger partial charge in [-0.05, 0) is 56.3 Å². The smallest absolute Gasteiger partial charge is 0.344 e. The van der Waals surface area contributed by atoms with Crippen LogP contribution in [0.4, 0.5) is 0 Å². The average molecular weight is 301 g/mol. The first-order valence-corrected chi connectivity index (χ1v) is 7.99. The van der Waals surface area contributed by atoms with Gasteiger partial charge >= 0.3 is 11.9 Å². The third-order valence-electron chi connectivity index (χ3n) is 5.16. The zero-order valence-electron chi connectivity index (χ0n) is 11.6. The molecular formula is C15H21ClO4.